The second-order valence-corrected chi connectivity index (χ2v) is 7.32. The van der Waals surface area contributed by atoms with Crippen LogP contribution in [0.25, 0.3) is 33.5 Å². The molecule has 5 rings (SSSR count). The van der Waals surface area contributed by atoms with E-state index in [0.29, 0.717) is 39.4 Å². The molecule has 0 spiro atoms. The van der Waals surface area contributed by atoms with Gasteiger partial charge in [0.1, 0.15) is 17.1 Å². The van der Waals surface area contributed by atoms with Gasteiger partial charge in [0.2, 0.25) is 0 Å². The smallest absolute Gasteiger partial charge is 0.163 e. The number of aromatic amines is 1. The van der Waals surface area contributed by atoms with Crippen molar-refractivity contribution in [3.63, 3.8) is 0 Å². The highest BCUT2D eigenvalue weighted by atomic mass is 19.1. The maximum atomic E-state index is 14.4. The van der Waals surface area contributed by atoms with Crippen LogP contribution in [-0.4, -0.2) is 24.5 Å². The fourth-order valence-corrected chi connectivity index (χ4v) is 4.11. The van der Waals surface area contributed by atoms with Gasteiger partial charge in [-0.1, -0.05) is 19.3 Å². The van der Waals surface area contributed by atoms with Gasteiger partial charge in [0, 0.05) is 36.1 Å². The predicted molar refractivity (Wildman–Crippen MR) is 99.1 cm³/mol. The number of aromatic nitrogens is 5. The summed E-state index contributed by atoms with van der Waals surface area (Å²) in [5.41, 5.74) is 1.81. The van der Waals surface area contributed by atoms with Crippen molar-refractivity contribution < 1.29 is 8.78 Å². The summed E-state index contributed by atoms with van der Waals surface area (Å²) in [6.07, 6.45) is 12.0. The molecule has 0 amide bonds. The average molecular weight is 367 g/mol. The summed E-state index contributed by atoms with van der Waals surface area (Å²) >= 11 is 0. The number of nitrogens with zero attached hydrogens (tertiary/aromatic N) is 4. The highest BCUT2D eigenvalue weighted by Gasteiger charge is 2.19. The standard InChI is InChI=1S/C20H19F2N5/c21-13-6-14-15(8-24-18(14)23-7-13)19-25-9-16-17(22)11-27(20(16)26-19)10-12-4-2-1-3-5-12/h6-9,11-12H,1-5,10H2,(H,23,24). The van der Waals surface area contributed by atoms with E-state index in [1.807, 2.05) is 4.57 Å². The van der Waals surface area contributed by atoms with Gasteiger partial charge < -0.3 is 9.55 Å². The molecule has 1 N–H and O–H groups in total. The lowest BCUT2D eigenvalue weighted by atomic mass is 9.89. The lowest BCUT2D eigenvalue weighted by Crippen LogP contribution is -2.14. The predicted octanol–water partition coefficient (Wildman–Crippen LogP) is 4.83. The van der Waals surface area contributed by atoms with E-state index >= 15 is 0 Å². The fourth-order valence-electron chi connectivity index (χ4n) is 4.11. The van der Waals surface area contributed by atoms with Crippen LogP contribution in [-0.2, 0) is 6.54 Å². The van der Waals surface area contributed by atoms with Gasteiger partial charge in [-0.15, -0.1) is 0 Å². The van der Waals surface area contributed by atoms with Crippen LogP contribution in [0.1, 0.15) is 32.1 Å². The summed E-state index contributed by atoms with van der Waals surface area (Å²) in [4.78, 5) is 16.0. The Labute approximate surface area is 154 Å². The molecular weight excluding hydrogens is 348 g/mol. The molecule has 4 aromatic heterocycles. The van der Waals surface area contributed by atoms with Crippen molar-refractivity contribution >= 4 is 22.1 Å². The molecule has 4 heterocycles. The summed E-state index contributed by atoms with van der Waals surface area (Å²) in [7, 11) is 0. The minimum Gasteiger partial charge on any atom is -0.345 e. The Morgan fingerprint density at radius 3 is 2.78 bits per heavy atom. The van der Waals surface area contributed by atoms with E-state index < -0.39 is 5.82 Å². The van der Waals surface area contributed by atoms with Crippen LogP contribution in [0.2, 0.25) is 0 Å². The molecule has 27 heavy (non-hydrogen) atoms. The number of rotatable bonds is 3. The lowest BCUT2D eigenvalue weighted by molar-refractivity contribution is 0.321. The van der Waals surface area contributed by atoms with Crippen molar-refractivity contribution in [2.75, 3.05) is 0 Å². The van der Waals surface area contributed by atoms with Gasteiger partial charge in [-0.05, 0) is 24.8 Å². The number of pyridine rings is 1. The molecule has 138 valence electrons. The first-order chi connectivity index (χ1) is 13.2. The number of fused-ring (bicyclic) bond motifs is 2. The second kappa shape index (κ2) is 6.40. The molecule has 7 heteroatoms. The molecule has 0 atom stereocenters. The third-order valence-electron chi connectivity index (χ3n) is 5.49. The molecule has 0 unspecified atom stereocenters. The Morgan fingerprint density at radius 1 is 1.07 bits per heavy atom. The van der Waals surface area contributed by atoms with Gasteiger partial charge in [0.25, 0.3) is 0 Å². The van der Waals surface area contributed by atoms with Crippen LogP contribution in [0, 0.1) is 17.6 Å². The summed E-state index contributed by atoms with van der Waals surface area (Å²) in [5.74, 6) is 0.262. The number of H-pyrrole nitrogens is 1. The molecule has 1 aliphatic carbocycles. The van der Waals surface area contributed by atoms with E-state index in [0.717, 1.165) is 12.7 Å². The van der Waals surface area contributed by atoms with E-state index in [-0.39, 0.29) is 5.82 Å². The zero-order chi connectivity index (χ0) is 18.4. The molecular formula is C20H19F2N5. The fraction of sp³-hybridized carbons (Fsp3) is 0.350. The highest BCUT2D eigenvalue weighted by Crippen LogP contribution is 2.30. The second-order valence-electron chi connectivity index (χ2n) is 7.32. The molecule has 4 aromatic rings. The summed E-state index contributed by atoms with van der Waals surface area (Å²) in [6.45, 7) is 0.765. The molecule has 5 nitrogen and oxygen atoms in total. The molecule has 1 fully saturated rings. The Hall–Kier alpha value is -2.83. The van der Waals surface area contributed by atoms with Crippen molar-refractivity contribution in [3.05, 3.63) is 42.5 Å². The number of hydrogen-bond acceptors (Lipinski definition) is 3. The Bertz CT molecular complexity index is 1120. The maximum absolute atomic E-state index is 14.4. The van der Waals surface area contributed by atoms with Crippen LogP contribution >= 0.6 is 0 Å². The largest absolute Gasteiger partial charge is 0.345 e. The summed E-state index contributed by atoms with van der Waals surface area (Å²) in [5, 5.41) is 1.03. The van der Waals surface area contributed by atoms with E-state index in [1.54, 1.807) is 6.20 Å². The van der Waals surface area contributed by atoms with Crippen molar-refractivity contribution in [1.82, 2.24) is 24.5 Å². The quantitative estimate of drug-likeness (QED) is 0.564. The monoisotopic (exact) mass is 367 g/mol. The molecule has 0 radical (unpaired) electrons. The molecule has 0 saturated heterocycles. The zero-order valence-electron chi connectivity index (χ0n) is 14.8. The van der Waals surface area contributed by atoms with Gasteiger partial charge in [-0.3, -0.25) is 0 Å². The Morgan fingerprint density at radius 2 is 1.93 bits per heavy atom. The molecule has 1 aliphatic rings. The van der Waals surface area contributed by atoms with E-state index in [2.05, 4.69) is 19.9 Å². The first-order valence-corrected chi connectivity index (χ1v) is 9.33. The normalized spacial score (nSPS) is 15.8. The van der Waals surface area contributed by atoms with Crippen LogP contribution < -0.4 is 0 Å². The average Bonchev–Trinajstić information content (AvgIpc) is 3.23. The summed E-state index contributed by atoms with van der Waals surface area (Å²) in [6, 6.07) is 1.41. The highest BCUT2D eigenvalue weighted by molar-refractivity contribution is 5.92. The molecule has 0 aliphatic heterocycles. The number of halogens is 2. The van der Waals surface area contributed by atoms with Crippen LogP contribution in [0.3, 0.4) is 0 Å². The number of hydrogen-bond donors (Lipinski definition) is 1. The zero-order valence-corrected chi connectivity index (χ0v) is 14.8. The van der Waals surface area contributed by atoms with E-state index in [9.17, 15) is 8.78 Å². The van der Waals surface area contributed by atoms with Gasteiger partial charge in [0.05, 0.1) is 11.6 Å². The third kappa shape index (κ3) is 2.87. The van der Waals surface area contributed by atoms with Crippen LogP contribution in [0.5, 0.6) is 0 Å². The van der Waals surface area contributed by atoms with Crippen LogP contribution in [0.4, 0.5) is 8.78 Å². The first kappa shape index (κ1) is 16.4. The van der Waals surface area contributed by atoms with Crippen molar-refractivity contribution in [2.24, 2.45) is 5.92 Å². The maximum Gasteiger partial charge on any atom is 0.163 e. The lowest BCUT2D eigenvalue weighted by Gasteiger charge is -2.22. The molecule has 0 bridgehead atoms. The molecule has 0 aromatic carbocycles. The van der Waals surface area contributed by atoms with E-state index in [4.69, 9.17) is 0 Å². The van der Waals surface area contributed by atoms with Crippen LogP contribution in [0.15, 0.2) is 30.9 Å². The minimum atomic E-state index is -0.420. The van der Waals surface area contributed by atoms with E-state index in [1.165, 1.54) is 50.6 Å². The van der Waals surface area contributed by atoms with Crippen molar-refractivity contribution in [2.45, 2.75) is 38.6 Å². The minimum absolute atomic E-state index is 0.306. The molecule has 1 saturated carbocycles. The SMILES string of the molecule is Fc1cnc2[nH]cc(-c3ncc4c(F)cn(CC5CCCCC5)c4n3)c2c1. The number of nitrogens with one attached hydrogen (secondary N) is 1. The summed E-state index contributed by atoms with van der Waals surface area (Å²) < 4.78 is 29.9. The Balaban J connectivity index is 1.59. The van der Waals surface area contributed by atoms with Gasteiger partial charge in [-0.2, -0.15) is 0 Å². The van der Waals surface area contributed by atoms with Gasteiger partial charge in [0.15, 0.2) is 11.6 Å². The van der Waals surface area contributed by atoms with Crippen molar-refractivity contribution in [3.8, 4) is 11.4 Å². The van der Waals surface area contributed by atoms with Gasteiger partial charge >= 0.3 is 0 Å². The first-order valence-electron chi connectivity index (χ1n) is 9.33. The Kier molecular flexibility index (Phi) is 3.88. The van der Waals surface area contributed by atoms with Gasteiger partial charge in [-0.25, -0.2) is 23.7 Å². The van der Waals surface area contributed by atoms with Crippen molar-refractivity contribution in [1.29, 1.82) is 0 Å². The third-order valence-corrected chi connectivity index (χ3v) is 5.49. The topological polar surface area (TPSA) is 59.4 Å².